The largest absolute Gasteiger partial charge is 0.465 e. The summed E-state index contributed by atoms with van der Waals surface area (Å²) in [5, 5.41) is 6.96. The molecule has 2 aromatic heterocycles. The average Bonchev–Trinajstić information content (AvgIpc) is 3.39. The molecule has 30 heavy (non-hydrogen) atoms. The van der Waals surface area contributed by atoms with E-state index in [-0.39, 0.29) is 6.03 Å². The highest BCUT2D eigenvalue weighted by atomic mass is 32.1. The lowest BCUT2D eigenvalue weighted by atomic mass is 10.0. The van der Waals surface area contributed by atoms with Gasteiger partial charge >= 0.3 is 12.0 Å². The van der Waals surface area contributed by atoms with Crippen molar-refractivity contribution < 1.29 is 14.3 Å². The second kappa shape index (κ2) is 8.73. The number of anilines is 1. The van der Waals surface area contributed by atoms with E-state index >= 15 is 0 Å². The van der Waals surface area contributed by atoms with E-state index in [0.29, 0.717) is 17.8 Å². The summed E-state index contributed by atoms with van der Waals surface area (Å²) in [7, 11) is 3.47. The summed E-state index contributed by atoms with van der Waals surface area (Å²) in [5.74, 6) is -0.406. The van der Waals surface area contributed by atoms with Gasteiger partial charge in [-0.05, 0) is 55.4 Å². The summed E-state index contributed by atoms with van der Waals surface area (Å²) in [6.45, 7) is 2.41. The Morgan fingerprint density at radius 2 is 1.90 bits per heavy atom. The molecular weight excluding hydrogens is 400 g/mol. The van der Waals surface area contributed by atoms with Crippen LogP contribution in [0, 0.1) is 0 Å². The summed E-state index contributed by atoms with van der Waals surface area (Å²) in [5.41, 5.74) is 3.58. The molecule has 0 unspecified atom stereocenters. The molecule has 1 aliphatic heterocycles. The number of thiophene rings is 1. The van der Waals surface area contributed by atoms with Gasteiger partial charge in [0.25, 0.3) is 0 Å². The van der Waals surface area contributed by atoms with Crippen LogP contribution < -0.4 is 10.6 Å². The van der Waals surface area contributed by atoms with Gasteiger partial charge in [-0.3, -0.25) is 0 Å². The van der Waals surface area contributed by atoms with Crippen molar-refractivity contribution in [2.45, 2.75) is 19.5 Å². The molecule has 1 aliphatic rings. The van der Waals surface area contributed by atoms with Crippen LogP contribution in [0.4, 0.5) is 10.5 Å². The van der Waals surface area contributed by atoms with Gasteiger partial charge in [-0.2, -0.15) is 0 Å². The van der Waals surface area contributed by atoms with Gasteiger partial charge < -0.3 is 24.8 Å². The van der Waals surface area contributed by atoms with E-state index in [9.17, 15) is 9.59 Å². The highest BCUT2D eigenvalue weighted by Gasteiger charge is 2.23. The predicted octanol–water partition coefficient (Wildman–Crippen LogP) is 3.64. The van der Waals surface area contributed by atoms with Crippen LogP contribution in [0.2, 0.25) is 0 Å². The Labute approximate surface area is 179 Å². The number of amides is 2. The van der Waals surface area contributed by atoms with Gasteiger partial charge in [-0.25, -0.2) is 9.59 Å². The van der Waals surface area contributed by atoms with Crippen molar-refractivity contribution in [3.63, 3.8) is 0 Å². The highest BCUT2D eigenvalue weighted by molar-refractivity contribution is 7.14. The molecule has 0 bridgehead atoms. The minimum absolute atomic E-state index is 0.285. The van der Waals surface area contributed by atoms with Gasteiger partial charge in [0.05, 0.1) is 12.7 Å². The number of carbonyl (C=O) groups excluding carboxylic acids is 2. The SMILES string of the molecule is COC(=O)c1ccc(NC(=O)NCc2c(-n3cccc3)sc3c2CCN(C)C3)cc1. The standard InChI is InChI=1S/C22H24N4O3S/c1-25-12-9-17-18(20(30-19(17)14-25)26-10-3-4-11-26)13-23-22(28)24-16-7-5-15(6-8-16)21(27)29-2/h3-8,10-11H,9,12-14H2,1-2H3,(H2,23,24,28). The molecule has 4 rings (SSSR count). The van der Waals surface area contributed by atoms with Gasteiger partial charge in [0.1, 0.15) is 5.00 Å². The topological polar surface area (TPSA) is 75.6 Å². The van der Waals surface area contributed by atoms with Crippen LogP contribution in [0.3, 0.4) is 0 Å². The molecular formula is C22H24N4O3S. The normalized spacial score (nSPS) is 13.5. The second-order valence-electron chi connectivity index (χ2n) is 7.24. The summed E-state index contributed by atoms with van der Waals surface area (Å²) >= 11 is 1.79. The maximum atomic E-state index is 12.5. The zero-order chi connectivity index (χ0) is 21.1. The fourth-order valence-electron chi connectivity index (χ4n) is 3.59. The number of methoxy groups -OCH3 is 1. The predicted molar refractivity (Wildman–Crippen MR) is 117 cm³/mol. The first-order valence-corrected chi connectivity index (χ1v) is 10.6. The molecule has 0 saturated heterocycles. The monoisotopic (exact) mass is 424 g/mol. The van der Waals surface area contributed by atoms with Crippen LogP contribution in [0.1, 0.15) is 26.4 Å². The number of hydrogen-bond acceptors (Lipinski definition) is 5. The Hall–Kier alpha value is -3.10. The molecule has 0 saturated carbocycles. The third kappa shape index (κ3) is 4.24. The Kier molecular flexibility index (Phi) is 5.87. The fraction of sp³-hybridized carbons (Fsp3) is 0.273. The molecule has 3 aromatic rings. The van der Waals surface area contributed by atoms with Crippen molar-refractivity contribution in [3.8, 4) is 5.00 Å². The van der Waals surface area contributed by atoms with Gasteiger partial charge in [0.2, 0.25) is 0 Å². The first-order chi connectivity index (χ1) is 14.5. The van der Waals surface area contributed by atoms with Crippen LogP contribution in [-0.4, -0.2) is 42.2 Å². The molecule has 8 heteroatoms. The van der Waals surface area contributed by atoms with Gasteiger partial charge in [0.15, 0.2) is 0 Å². The molecule has 1 aromatic carbocycles. The first-order valence-electron chi connectivity index (χ1n) is 9.73. The maximum absolute atomic E-state index is 12.5. The molecule has 7 nitrogen and oxygen atoms in total. The average molecular weight is 425 g/mol. The van der Waals surface area contributed by atoms with Crippen LogP contribution in [-0.2, 0) is 24.2 Å². The summed E-state index contributed by atoms with van der Waals surface area (Å²) in [4.78, 5) is 27.7. The number of ether oxygens (including phenoxy) is 1. The molecule has 0 aliphatic carbocycles. The van der Waals surface area contributed by atoms with Crippen LogP contribution in [0.25, 0.3) is 5.00 Å². The third-order valence-electron chi connectivity index (χ3n) is 5.16. The zero-order valence-corrected chi connectivity index (χ0v) is 17.8. The Balaban J connectivity index is 1.47. The van der Waals surface area contributed by atoms with Crippen molar-refractivity contribution in [1.29, 1.82) is 0 Å². The highest BCUT2D eigenvalue weighted by Crippen LogP contribution is 2.35. The van der Waals surface area contributed by atoms with Crippen molar-refractivity contribution in [3.05, 3.63) is 70.4 Å². The summed E-state index contributed by atoms with van der Waals surface area (Å²) in [6, 6.07) is 10.3. The number of carbonyl (C=O) groups is 2. The van der Waals surface area contributed by atoms with Gasteiger partial charge in [-0.1, -0.05) is 0 Å². The number of rotatable bonds is 5. The zero-order valence-electron chi connectivity index (χ0n) is 17.0. The smallest absolute Gasteiger partial charge is 0.337 e. The van der Waals surface area contributed by atoms with E-state index in [2.05, 4.69) is 31.9 Å². The second-order valence-corrected chi connectivity index (χ2v) is 8.33. The van der Waals surface area contributed by atoms with Crippen molar-refractivity contribution in [2.75, 3.05) is 26.0 Å². The first kappa shape index (κ1) is 20.2. The van der Waals surface area contributed by atoms with Gasteiger partial charge in [0, 0.05) is 48.2 Å². The number of nitrogens with one attached hydrogen (secondary N) is 2. The number of benzene rings is 1. The molecule has 156 valence electrons. The van der Waals surface area contributed by atoms with E-state index in [1.54, 1.807) is 35.6 Å². The van der Waals surface area contributed by atoms with Crippen LogP contribution in [0.5, 0.6) is 0 Å². The number of urea groups is 1. The number of esters is 1. The summed E-state index contributed by atoms with van der Waals surface area (Å²) < 4.78 is 6.80. The quantitative estimate of drug-likeness (QED) is 0.614. The molecule has 0 radical (unpaired) electrons. The van der Waals surface area contributed by atoms with Gasteiger partial charge in [-0.15, -0.1) is 11.3 Å². The van der Waals surface area contributed by atoms with E-state index < -0.39 is 5.97 Å². The lowest BCUT2D eigenvalue weighted by molar-refractivity contribution is 0.0600. The lowest BCUT2D eigenvalue weighted by Crippen LogP contribution is -2.30. The number of hydrogen-bond donors (Lipinski definition) is 2. The third-order valence-corrected chi connectivity index (χ3v) is 6.44. The molecule has 2 N–H and O–H groups in total. The minimum Gasteiger partial charge on any atom is -0.465 e. The molecule has 0 spiro atoms. The number of nitrogens with zero attached hydrogens (tertiary/aromatic N) is 2. The Morgan fingerprint density at radius 3 is 2.60 bits per heavy atom. The molecule has 2 amide bonds. The number of aromatic nitrogens is 1. The van der Waals surface area contributed by atoms with Crippen molar-refractivity contribution in [2.24, 2.45) is 0 Å². The number of fused-ring (bicyclic) bond motifs is 1. The van der Waals surface area contributed by atoms with E-state index in [4.69, 9.17) is 0 Å². The van der Waals surface area contributed by atoms with Crippen molar-refractivity contribution >= 4 is 29.0 Å². The van der Waals surface area contributed by atoms with Crippen LogP contribution in [0.15, 0.2) is 48.8 Å². The van der Waals surface area contributed by atoms with E-state index in [1.807, 2.05) is 24.5 Å². The number of likely N-dealkylation sites (N-methyl/N-ethyl adjacent to an activating group) is 1. The Morgan fingerprint density at radius 1 is 1.17 bits per heavy atom. The Bertz CT molecular complexity index is 1040. The lowest BCUT2D eigenvalue weighted by Gasteiger charge is -2.22. The van der Waals surface area contributed by atoms with Crippen LogP contribution >= 0.6 is 11.3 Å². The van der Waals surface area contributed by atoms with Crippen molar-refractivity contribution in [1.82, 2.24) is 14.8 Å². The van der Waals surface area contributed by atoms with E-state index in [0.717, 1.165) is 24.5 Å². The minimum atomic E-state index is -0.406. The molecule has 3 heterocycles. The van der Waals surface area contributed by atoms with E-state index in [1.165, 1.54) is 23.1 Å². The summed E-state index contributed by atoms with van der Waals surface area (Å²) in [6.07, 6.45) is 5.05. The fourth-order valence-corrected chi connectivity index (χ4v) is 5.01. The maximum Gasteiger partial charge on any atom is 0.337 e. The molecule has 0 fully saturated rings. The molecule has 0 atom stereocenters.